The lowest BCUT2D eigenvalue weighted by atomic mass is 9.96. The van der Waals surface area contributed by atoms with Crippen molar-refractivity contribution in [1.82, 2.24) is 14.8 Å². The van der Waals surface area contributed by atoms with Crippen molar-refractivity contribution in [1.29, 1.82) is 5.26 Å². The van der Waals surface area contributed by atoms with Gasteiger partial charge >= 0.3 is 0 Å². The number of rotatable bonds is 5. The second-order valence-electron chi connectivity index (χ2n) is 5.73. The smallest absolute Gasteiger partial charge is 0.226 e. The quantitative estimate of drug-likeness (QED) is 0.835. The van der Waals surface area contributed by atoms with Gasteiger partial charge in [0.2, 0.25) is 5.91 Å². The third kappa shape index (κ3) is 4.05. The Morgan fingerprint density at radius 2 is 2.27 bits per heavy atom. The summed E-state index contributed by atoms with van der Waals surface area (Å²) < 4.78 is 0. The van der Waals surface area contributed by atoms with Crippen molar-refractivity contribution in [2.24, 2.45) is 5.92 Å². The summed E-state index contributed by atoms with van der Waals surface area (Å²) in [7, 11) is 0. The van der Waals surface area contributed by atoms with Crippen LogP contribution in [0.3, 0.4) is 0 Å². The maximum Gasteiger partial charge on any atom is 0.226 e. The molecule has 0 bridgehead atoms. The zero-order valence-electron chi connectivity index (χ0n) is 13.5. The molecule has 2 heterocycles. The van der Waals surface area contributed by atoms with E-state index in [1.165, 1.54) is 0 Å². The molecular weight excluding hydrogens is 276 g/mol. The zero-order valence-corrected chi connectivity index (χ0v) is 13.5. The molecule has 0 N–H and O–H groups in total. The van der Waals surface area contributed by atoms with Gasteiger partial charge in [0.25, 0.3) is 0 Å². The molecule has 1 aliphatic heterocycles. The first-order valence-corrected chi connectivity index (χ1v) is 8.04. The van der Waals surface area contributed by atoms with E-state index >= 15 is 0 Å². The molecule has 0 aromatic carbocycles. The average Bonchev–Trinajstić information content (AvgIpc) is 2.56. The van der Waals surface area contributed by atoms with Crippen molar-refractivity contribution in [3.8, 4) is 6.07 Å². The van der Waals surface area contributed by atoms with Crippen LogP contribution in [0, 0.1) is 17.2 Å². The molecule has 0 aliphatic carbocycles. The van der Waals surface area contributed by atoms with Gasteiger partial charge in [-0.2, -0.15) is 5.26 Å². The Bertz CT molecular complexity index is 548. The highest BCUT2D eigenvalue weighted by Gasteiger charge is 2.28. The van der Waals surface area contributed by atoms with Crippen LogP contribution in [-0.2, 0) is 11.3 Å². The predicted octanol–water partition coefficient (Wildman–Crippen LogP) is 2.03. The number of carbonyl (C=O) groups excluding carboxylic acids is 1. The van der Waals surface area contributed by atoms with Crippen LogP contribution in [0.5, 0.6) is 0 Å². The number of hydrogen-bond donors (Lipinski definition) is 0. The van der Waals surface area contributed by atoms with E-state index in [9.17, 15) is 4.79 Å². The molecule has 0 radical (unpaired) electrons. The molecule has 1 aromatic rings. The van der Waals surface area contributed by atoms with Crippen LogP contribution < -0.4 is 0 Å². The Morgan fingerprint density at radius 3 is 2.95 bits per heavy atom. The molecule has 5 heteroatoms. The molecule has 1 fully saturated rings. The number of aromatic nitrogens is 1. The summed E-state index contributed by atoms with van der Waals surface area (Å²) in [4.78, 5) is 21.0. The van der Waals surface area contributed by atoms with Crippen LogP contribution in [-0.4, -0.2) is 46.9 Å². The first-order valence-electron chi connectivity index (χ1n) is 8.04. The van der Waals surface area contributed by atoms with Crippen LogP contribution in [0.25, 0.3) is 0 Å². The Kier molecular flexibility index (Phi) is 5.91. The summed E-state index contributed by atoms with van der Waals surface area (Å²) in [6.07, 6.45) is 3.68. The molecular formula is C17H24N4O. The lowest BCUT2D eigenvalue weighted by molar-refractivity contribution is -0.137. The van der Waals surface area contributed by atoms with Crippen LogP contribution in [0.1, 0.15) is 37.9 Å². The van der Waals surface area contributed by atoms with E-state index in [4.69, 9.17) is 5.26 Å². The van der Waals surface area contributed by atoms with Crippen LogP contribution in [0.15, 0.2) is 18.3 Å². The van der Waals surface area contributed by atoms with E-state index in [2.05, 4.69) is 16.0 Å². The van der Waals surface area contributed by atoms with Gasteiger partial charge in [-0.3, -0.25) is 14.7 Å². The highest BCUT2D eigenvalue weighted by Crippen LogP contribution is 2.20. The molecule has 118 valence electrons. The van der Waals surface area contributed by atoms with Crippen LogP contribution in [0.4, 0.5) is 0 Å². The Balaban J connectivity index is 1.98. The van der Waals surface area contributed by atoms with E-state index < -0.39 is 0 Å². The molecule has 1 atom stereocenters. The second kappa shape index (κ2) is 7.90. The fourth-order valence-electron chi connectivity index (χ4n) is 3.06. The fraction of sp³-hybridized carbons (Fsp3) is 0.588. The number of carbonyl (C=O) groups is 1. The monoisotopic (exact) mass is 300 g/mol. The molecule has 2 rings (SSSR count). The van der Waals surface area contributed by atoms with Gasteiger partial charge in [0.15, 0.2) is 0 Å². The first kappa shape index (κ1) is 16.4. The van der Waals surface area contributed by atoms with E-state index in [0.29, 0.717) is 12.1 Å². The molecule has 1 saturated heterocycles. The number of hydrogen-bond acceptors (Lipinski definition) is 4. The summed E-state index contributed by atoms with van der Waals surface area (Å²) in [5.41, 5.74) is 1.53. The topological polar surface area (TPSA) is 60.2 Å². The molecule has 0 saturated carbocycles. The standard InChI is InChI=1S/C17H24N4O/c1-3-21(4-2)17(22)15-6-5-9-20(12-15)13-16-10-14(11-18)7-8-19-16/h7-8,10,15H,3-6,9,12-13H2,1-2H3/t15-/m1/s1. The molecule has 0 unspecified atom stereocenters. The number of nitrogens with zero attached hydrogens (tertiary/aromatic N) is 4. The summed E-state index contributed by atoms with van der Waals surface area (Å²) in [6, 6.07) is 5.69. The molecule has 22 heavy (non-hydrogen) atoms. The van der Waals surface area contributed by atoms with Gasteiger partial charge < -0.3 is 4.90 Å². The predicted molar refractivity (Wildman–Crippen MR) is 84.9 cm³/mol. The van der Waals surface area contributed by atoms with Crippen molar-refractivity contribution in [2.75, 3.05) is 26.2 Å². The molecule has 1 aliphatic rings. The maximum atomic E-state index is 12.5. The largest absolute Gasteiger partial charge is 0.343 e. The molecule has 1 aromatic heterocycles. The normalized spacial score (nSPS) is 18.7. The number of amides is 1. The summed E-state index contributed by atoms with van der Waals surface area (Å²) in [6.45, 7) is 8.08. The Hall–Kier alpha value is -1.93. The Morgan fingerprint density at radius 1 is 1.50 bits per heavy atom. The third-order valence-electron chi connectivity index (χ3n) is 4.26. The maximum absolute atomic E-state index is 12.5. The van der Waals surface area contributed by atoms with Crippen molar-refractivity contribution < 1.29 is 4.79 Å². The second-order valence-corrected chi connectivity index (χ2v) is 5.73. The highest BCUT2D eigenvalue weighted by atomic mass is 16.2. The van der Waals surface area contributed by atoms with Gasteiger partial charge in [-0.05, 0) is 45.4 Å². The van der Waals surface area contributed by atoms with E-state index in [-0.39, 0.29) is 11.8 Å². The highest BCUT2D eigenvalue weighted by molar-refractivity contribution is 5.79. The van der Waals surface area contributed by atoms with Crippen molar-refractivity contribution in [3.63, 3.8) is 0 Å². The molecule has 5 nitrogen and oxygen atoms in total. The van der Waals surface area contributed by atoms with E-state index in [1.54, 1.807) is 12.3 Å². The molecule has 0 spiro atoms. The van der Waals surface area contributed by atoms with Gasteiger partial charge in [0.1, 0.15) is 0 Å². The summed E-state index contributed by atoms with van der Waals surface area (Å²) in [5.74, 6) is 0.362. The lowest BCUT2D eigenvalue weighted by Gasteiger charge is -2.34. The number of pyridine rings is 1. The minimum Gasteiger partial charge on any atom is -0.343 e. The van der Waals surface area contributed by atoms with E-state index in [0.717, 1.165) is 44.7 Å². The van der Waals surface area contributed by atoms with Gasteiger partial charge in [-0.25, -0.2) is 0 Å². The zero-order chi connectivity index (χ0) is 15.9. The number of piperidine rings is 1. The van der Waals surface area contributed by atoms with Gasteiger partial charge in [-0.1, -0.05) is 0 Å². The number of nitriles is 1. The lowest BCUT2D eigenvalue weighted by Crippen LogP contribution is -2.44. The van der Waals surface area contributed by atoms with Crippen LogP contribution >= 0.6 is 0 Å². The minimum atomic E-state index is 0.0906. The first-order chi connectivity index (χ1) is 10.7. The summed E-state index contributed by atoms with van der Waals surface area (Å²) in [5, 5.41) is 8.96. The van der Waals surface area contributed by atoms with Crippen molar-refractivity contribution in [2.45, 2.75) is 33.2 Å². The summed E-state index contributed by atoms with van der Waals surface area (Å²) >= 11 is 0. The van der Waals surface area contributed by atoms with E-state index in [1.807, 2.05) is 24.8 Å². The minimum absolute atomic E-state index is 0.0906. The SMILES string of the molecule is CCN(CC)C(=O)[C@@H]1CCCN(Cc2cc(C#N)ccn2)C1. The van der Waals surface area contributed by atoms with Gasteiger partial charge in [-0.15, -0.1) is 0 Å². The van der Waals surface area contributed by atoms with Crippen molar-refractivity contribution >= 4 is 5.91 Å². The van der Waals surface area contributed by atoms with Crippen molar-refractivity contribution in [3.05, 3.63) is 29.6 Å². The average molecular weight is 300 g/mol. The van der Waals surface area contributed by atoms with Gasteiger partial charge in [0, 0.05) is 32.4 Å². The molecule has 1 amide bonds. The van der Waals surface area contributed by atoms with Crippen LogP contribution in [0.2, 0.25) is 0 Å². The van der Waals surface area contributed by atoms with Gasteiger partial charge in [0.05, 0.1) is 23.2 Å². The third-order valence-corrected chi connectivity index (χ3v) is 4.26. The Labute approximate surface area is 132 Å². The fourth-order valence-corrected chi connectivity index (χ4v) is 3.06. The number of likely N-dealkylation sites (tertiary alicyclic amines) is 1.